The van der Waals surface area contributed by atoms with Crippen molar-refractivity contribution in [3.8, 4) is 0 Å². The van der Waals surface area contributed by atoms with Crippen LogP contribution in [-0.4, -0.2) is 66.5 Å². The van der Waals surface area contributed by atoms with Crippen LogP contribution < -0.4 is 5.32 Å². The lowest BCUT2D eigenvalue weighted by atomic mass is 10.1. The van der Waals surface area contributed by atoms with Crippen molar-refractivity contribution in [2.45, 2.75) is 63.8 Å². The van der Waals surface area contributed by atoms with Gasteiger partial charge in [-0.1, -0.05) is 0 Å². The molecule has 3 atom stereocenters. The van der Waals surface area contributed by atoms with E-state index in [1.165, 1.54) is 7.11 Å². The molecule has 0 spiro atoms. The van der Waals surface area contributed by atoms with Crippen LogP contribution in [0.15, 0.2) is 4.99 Å². The molecule has 2 aliphatic heterocycles. The van der Waals surface area contributed by atoms with Crippen LogP contribution in [0, 0.1) is 0 Å². The Kier molecular flexibility index (Phi) is 5.46. The monoisotopic (exact) mass is 339 g/mol. The first kappa shape index (κ1) is 18.2. The third kappa shape index (κ3) is 4.24. The lowest BCUT2D eigenvalue weighted by Crippen LogP contribution is -2.56. The predicted octanol–water partition coefficient (Wildman–Crippen LogP) is 0.887. The smallest absolute Gasteiger partial charge is 0.408 e. The quantitative estimate of drug-likeness (QED) is 0.754. The topological polar surface area (TPSA) is 97.3 Å². The standard InChI is InChI=1S/C16H25N3O5/c1-16(2,3)24-15(22)18-11-9-17-8-7-10-5-6-12(14(21)23-4)19(10)13(11)20/h8,10-12H,5-7,9H2,1-4H3,(H,18,22)/t10-,11+,12+/m1/s1. The number of nitrogens with one attached hydrogen (secondary N) is 1. The summed E-state index contributed by atoms with van der Waals surface area (Å²) in [6.07, 6.45) is 2.92. The Morgan fingerprint density at radius 1 is 1.33 bits per heavy atom. The maximum atomic E-state index is 12.9. The van der Waals surface area contributed by atoms with E-state index in [0.29, 0.717) is 19.3 Å². The molecule has 134 valence electrons. The van der Waals surface area contributed by atoms with Crippen molar-refractivity contribution >= 4 is 24.2 Å². The van der Waals surface area contributed by atoms with Gasteiger partial charge in [0.05, 0.1) is 13.7 Å². The second kappa shape index (κ2) is 7.19. The molecule has 1 fully saturated rings. The molecule has 2 rings (SSSR count). The molecule has 0 radical (unpaired) electrons. The van der Waals surface area contributed by atoms with Gasteiger partial charge in [-0.2, -0.15) is 0 Å². The van der Waals surface area contributed by atoms with Gasteiger partial charge in [0, 0.05) is 18.7 Å². The predicted molar refractivity (Wildman–Crippen MR) is 86.8 cm³/mol. The number of fused-ring (bicyclic) bond motifs is 1. The van der Waals surface area contributed by atoms with E-state index < -0.39 is 29.7 Å². The van der Waals surface area contributed by atoms with Gasteiger partial charge in [-0.15, -0.1) is 0 Å². The van der Waals surface area contributed by atoms with Crippen molar-refractivity contribution < 1.29 is 23.9 Å². The second-order valence-electron chi connectivity index (χ2n) is 7.00. The number of alkyl carbamates (subject to hydrolysis) is 1. The van der Waals surface area contributed by atoms with Crippen LogP contribution in [0.3, 0.4) is 0 Å². The van der Waals surface area contributed by atoms with Crippen molar-refractivity contribution in [1.82, 2.24) is 10.2 Å². The van der Waals surface area contributed by atoms with Crippen molar-refractivity contribution in [2.24, 2.45) is 4.99 Å². The summed E-state index contributed by atoms with van der Waals surface area (Å²) in [6.45, 7) is 5.35. The molecule has 8 heteroatoms. The van der Waals surface area contributed by atoms with E-state index >= 15 is 0 Å². The van der Waals surface area contributed by atoms with E-state index in [-0.39, 0.29) is 18.5 Å². The number of methoxy groups -OCH3 is 1. The highest BCUT2D eigenvalue weighted by Gasteiger charge is 2.44. The third-order valence-corrected chi connectivity index (χ3v) is 4.01. The van der Waals surface area contributed by atoms with Crippen molar-refractivity contribution in [1.29, 1.82) is 0 Å². The fourth-order valence-electron chi connectivity index (χ4n) is 3.01. The molecule has 2 amide bonds. The fourth-order valence-corrected chi connectivity index (χ4v) is 3.01. The molecular weight excluding hydrogens is 314 g/mol. The maximum absolute atomic E-state index is 12.9. The SMILES string of the molecule is COC(=O)[C@@H]1CC[C@@H]2CC=NC[C@H](NC(=O)OC(C)(C)C)C(=O)N21. The number of carbonyl (C=O) groups excluding carboxylic acids is 3. The lowest BCUT2D eigenvalue weighted by Gasteiger charge is -2.33. The Bertz CT molecular complexity index is 540. The first-order valence-corrected chi connectivity index (χ1v) is 8.10. The summed E-state index contributed by atoms with van der Waals surface area (Å²) in [5, 5.41) is 2.56. The van der Waals surface area contributed by atoms with Crippen LogP contribution >= 0.6 is 0 Å². The first-order valence-electron chi connectivity index (χ1n) is 8.10. The zero-order chi connectivity index (χ0) is 17.9. The van der Waals surface area contributed by atoms with E-state index in [2.05, 4.69) is 10.3 Å². The number of esters is 1. The van der Waals surface area contributed by atoms with Gasteiger partial charge in [0.2, 0.25) is 5.91 Å². The number of aliphatic imine (C=N–C) groups is 1. The molecule has 8 nitrogen and oxygen atoms in total. The minimum Gasteiger partial charge on any atom is -0.467 e. The minimum atomic E-state index is -0.857. The maximum Gasteiger partial charge on any atom is 0.408 e. The molecule has 0 aromatic rings. The molecule has 0 bridgehead atoms. The summed E-state index contributed by atoms with van der Waals surface area (Å²) < 4.78 is 10.0. The van der Waals surface area contributed by atoms with Crippen LogP contribution in [0.4, 0.5) is 4.79 Å². The van der Waals surface area contributed by atoms with Gasteiger partial charge < -0.3 is 19.7 Å². The van der Waals surface area contributed by atoms with Crippen molar-refractivity contribution in [3.05, 3.63) is 0 Å². The Morgan fingerprint density at radius 3 is 2.67 bits per heavy atom. The van der Waals surface area contributed by atoms with Crippen molar-refractivity contribution in [3.63, 3.8) is 0 Å². The summed E-state index contributed by atoms with van der Waals surface area (Å²) in [5.74, 6) is -0.755. The van der Waals surface area contributed by atoms with Crippen molar-refractivity contribution in [2.75, 3.05) is 13.7 Å². The number of nitrogens with zero attached hydrogens (tertiary/aromatic N) is 2. The van der Waals surface area contributed by atoms with Gasteiger partial charge in [0.15, 0.2) is 0 Å². The highest BCUT2D eigenvalue weighted by molar-refractivity contribution is 5.91. The molecule has 1 saturated heterocycles. The van der Waals surface area contributed by atoms with Gasteiger partial charge in [-0.3, -0.25) is 9.79 Å². The molecule has 0 saturated carbocycles. The van der Waals surface area contributed by atoms with Gasteiger partial charge >= 0.3 is 12.1 Å². The number of rotatable bonds is 2. The molecule has 0 aliphatic carbocycles. The largest absolute Gasteiger partial charge is 0.467 e. The summed E-state index contributed by atoms with van der Waals surface area (Å²) in [5.41, 5.74) is -0.664. The van der Waals surface area contributed by atoms with Gasteiger partial charge in [0.25, 0.3) is 0 Å². The first-order chi connectivity index (χ1) is 11.2. The Hall–Kier alpha value is -2.12. The highest BCUT2D eigenvalue weighted by atomic mass is 16.6. The summed E-state index contributed by atoms with van der Waals surface area (Å²) >= 11 is 0. The lowest BCUT2D eigenvalue weighted by molar-refractivity contribution is -0.152. The normalized spacial score (nSPS) is 27.1. The molecule has 24 heavy (non-hydrogen) atoms. The van der Waals surface area contributed by atoms with Gasteiger partial charge in [-0.05, 0) is 33.6 Å². The molecule has 1 N–H and O–H groups in total. The Labute approximate surface area is 141 Å². The average molecular weight is 339 g/mol. The van der Waals surface area contributed by atoms with Crippen LogP contribution in [0.1, 0.15) is 40.0 Å². The Morgan fingerprint density at radius 2 is 2.04 bits per heavy atom. The number of hydrogen-bond donors (Lipinski definition) is 1. The second-order valence-corrected chi connectivity index (χ2v) is 7.00. The molecule has 2 heterocycles. The van der Waals surface area contributed by atoms with E-state index in [9.17, 15) is 14.4 Å². The zero-order valence-corrected chi connectivity index (χ0v) is 14.6. The van der Waals surface area contributed by atoms with E-state index in [1.54, 1.807) is 31.9 Å². The van der Waals surface area contributed by atoms with Gasteiger partial charge in [-0.25, -0.2) is 9.59 Å². The average Bonchev–Trinajstić information content (AvgIpc) is 2.88. The summed E-state index contributed by atoms with van der Waals surface area (Å²) in [4.78, 5) is 42.6. The fraction of sp³-hybridized carbons (Fsp3) is 0.750. The molecule has 2 aliphatic rings. The number of carbonyl (C=O) groups is 3. The number of ether oxygens (including phenoxy) is 2. The number of amides is 2. The summed E-state index contributed by atoms with van der Waals surface area (Å²) in [7, 11) is 1.31. The molecular formula is C16H25N3O5. The third-order valence-electron chi connectivity index (χ3n) is 4.01. The summed E-state index contributed by atoms with van der Waals surface area (Å²) in [6, 6.07) is -1.57. The van der Waals surface area contributed by atoms with Crippen LogP contribution in [0.5, 0.6) is 0 Å². The van der Waals surface area contributed by atoms with E-state index in [1.807, 2.05) is 0 Å². The zero-order valence-electron chi connectivity index (χ0n) is 14.6. The van der Waals surface area contributed by atoms with Crippen LogP contribution in [0.2, 0.25) is 0 Å². The Balaban J connectivity index is 2.15. The molecule has 0 unspecified atom stereocenters. The van der Waals surface area contributed by atoms with E-state index in [4.69, 9.17) is 9.47 Å². The van der Waals surface area contributed by atoms with Gasteiger partial charge in [0.1, 0.15) is 17.7 Å². The highest BCUT2D eigenvalue weighted by Crippen LogP contribution is 2.28. The molecule has 0 aromatic carbocycles. The number of hydrogen-bond acceptors (Lipinski definition) is 6. The van der Waals surface area contributed by atoms with E-state index in [0.717, 1.165) is 0 Å². The minimum absolute atomic E-state index is 0.103. The molecule has 0 aromatic heterocycles. The van der Waals surface area contributed by atoms with Crippen LogP contribution in [-0.2, 0) is 19.1 Å². The van der Waals surface area contributed by atoms with Crippen LogP contribution in [0.25, 0.3) is 0 Å².